The Morgan fingerprint density at radius 3 is 2.60 bits per heavy atom. The minimum Gasteiger partial charge on any atom is -0.490 e. The van der Waals surface area contributed by atoms with Crippen LogP contribution in [0.2, 0.25) is 0 Å². The highest BCUT2D eigenvalue weighted by atomic mass is 19.2. The van der Waals surface area contributed by atoms with E-state index in [1.54, 1.807) is 18.2 Å². The van der Waals surface area contributed by atoms with Gasteiger partial charge in [-0.1, -0.05) is 30.3 Å². The molecule has 3 aromatic carbocycles. The SMILES string of the molecule is NC(=O)c1cnc2c(-c3cc(F)cc(F)c3F)cccc2c1C1CC1.[HH].c1ccc2c(c1)NCCO2. The van der Waals surface area contributed by atoms with Crippen molar-refractivity contribution in [1.82, 2.24) is 4.98 Å². The molecule has 35 heavy (non-hydrogen) atoms. The fourth-order valence-electron chi connectivity index (χ4n) is 4.31. The maximum absolute atomic E-state index is 14.2. The van der Waals surface area contributed by atoms with E-state index < -0.39 is 23.4 Å². The minimum absolute atomic E-state index is 0. The molecule has 0 atom stereocenters. The van der Waals surface area contributed by atoms with Crippen molar-refractivity contribution in [2.45, 2.75) is 18.8 Å². The highest BCUT2D eigenvalue weighted by Gasteiger charge is 2.30. The van der Waals surface area contributed by atoms with Gasteiger partial charge in [-0.25, -0.2) is 13.2 Å². The van der Waals surface area contributed by atoms with Crippen LogP contribution in [-0.2, 0) is 0 Å². The first-order valence-corrected chi connectivity index (χ1v) is 11.3. The summed E-state index contributed by atoms with van der Waals surface area (Å²) in [5.74, 6) is -2.69. The summed E-state index contributed by atoms with van der Waals surface area (Å²) in [5, 5.41) is 3.89. The van der Waals surface area contributed by atoms with Crippen LogP contribution in [0.3, 0.4) is 0 Å². The van der Waals surface area contributed by atoms with Gasteiger partial charge in [0.1, 0.15) is 18.2 Å². The molecule has 0 unspecified atom stereocenters. The number of para-hydroxylation sites is 3. The lowest BCUT2D eigenvalue weighted by Gasteiger charge is -2.17. The Kier molecular flexibility index (Phi) is 6.03. The average Bonchev–Trinajstić information content (AvgIpc) is 3.71. The predicted octanol–water partition coefficient (Wildman–Crippen LogP) is 6.03. The van der Waals surface area contributed by atoms with Crippen molar-refractivity contribution in [3.63, 3.8) is 0 Å². The lowest BCUT2D eigenvalue weighted by atomic mass is 9.94. The highest BCUT2D eigenvalue weighted by molar-refractivity contribution is 6.03. The summed E-state index contributed by atoms with van der Waals surface area (Å²) in [6.45, 7) is 1.69. The molecule has 1 amide bonds. The maximum Gasteiger partial charge on any atom is 0.250 e. The number of pyridine rings is 1. The first kappa shape index (κ1) is 22.7. The van der Waals surface area contributed by atoms with Crippen LogP contribution in [0.15, 0.2) is 60.8 Å². The second-order valence-electron chi connectivity index (χ2n) is 8.45. The number of aromatic nitrogens is 1. The number of amides is 1. The van der Waals surface area contributed by atoms with Crippen LogP contribution in [0, 0.1) is 17.5 Å². The molecule has 2 heterocycles. The number of carbonyl (C=O) groups excluding carboxylic acids is 1. The van der Waals surface area contributed by atoms with Gasteiger partial charge in [0.25, 0.3) is 5.91 Å². The highest BCUT2D eigenvalue weighted by Crippen LogP contribution is 2.45. The van der Waals surface area contributed by atoms with Crippen molar-refractivity contribution in [3.8, 4) is 16.9 Å². The zero-order valence-electron chi connectivity index (χ0n) is 18.7. The van der Waals surface area contributed by atoms with E-state index in [0.717, 1.165) is 49.1 Å². The van der Waals surface area contributed by atoms with Gasteiger partial charge in [0.2, 0.25) is 0 Å². The van der Waals surface area contributed by atoms with Crippen LogP contribution >= 0.6 is 0 Å². The normalized spacial score (nSPS) is 14.3. The van der Waals surface area contributed by atoms with Crippen LogP contribution in [0.25, 0.3) is 22.0 Å². The smallest absolute Gasteiger partial charge is 0.250 e. The van der Waals surface area contributed by atoms with Gasteiger partial charge in [0.15, 0.2) is 11.6 Å². The molecule has 0 radical (unpaired) electrons. The zero-order chi connectivity index (χ0) is 24.5. The fourth-order valence-corrected chi connectivity index (χ4v) is 4.31. The second-order valence-corrected chi connectivity index (χ2v) is 8.45. The third-order valence-corrected chi connectivity index (χ3v) is 6.04. The van der Waals surface area contributed by atoms with Crippen molar-refractivity contribution in [3.05, 3.63) is 89.4 Å². The summed E-state index contributed by atoms with van der Waals surface area (Å²) in [6, 6.07) is 14.4. The molecule has 1 aliphatic carbocycles. The summed E-state index contributed by atoms with van der Waals surface area (Å²) in [5.41, 5.74) is 8.11. The summed E-state index contributed by atoms with van der Waals surface area (Å²) in [6.07, 6.45) is 3.20. The quantitative estimate of drug-likeness (QED) is 0.352. The Hall–Kier alpha value is -4.07. The zero-order valence-corrected chi connectivity index (χ0v) is 18.7. The molecule has 1 saturated carbocycles. The molecule has 180 valence electrons. The van der Waals surface area contributed by atoms with Crippen LogP contribution in [-0.4, -0.2) is 24.0 Å². The van der Waals surface area contributed by atoms with Crippen LogP contribution in [0.4, 0.5) is 18.9 Å². The Morgan fingerprint density at radius 1 is 1.06 bits per heavy atom. The lowest BCUT2D eigenvalue weighted by molar-refractivity contribution is 0.0999. The van der Waals surface area contributed by atoms with Gasteiger partial charge in [0, 0.05) is 36.7 Å². The number of benzene rings is 3. The van der Waals surface area contributed by atoms with Crippen molar-refractivity contribution in [1.29, 1.82) is 0 Å². The number of rotatable bonds is 3. The molecule has 0 bridgehead atoms. The number of primary amides is 1. The molecule has 8 heteroatoms. The Balaban J connectivity index is 0.000000232. The molecule has 3 N–H and O–H groups in total. The van der Waals surface area contributed by atoms with Gasteiger partial charge < -0.3 is 15.8 Å². The lowest BCUT2D eigenvalue weighted by Crippen LogP contribution is -2.17. The van der Waals surface area contributed by atoms with E-state index in [0.29, 0.717) is 22.5 Å². The van der Waals surface area contributed by atoms with Crippen molar-refractivity contribution < 1.29 is 24.1 Å². The number of nitrogens with one attached hydrogen (secondary N) is 1. The standard InChI is InChI=1S/C19H13F3N2O.C8H9NO.H2/c20-10-6-13(17(22)15(21)7-10)11-2-1-3-12-16(9-4-5-9)14(19(23)25)8-24-18(11)12;1-2-4-8-7(3-1)9-5-6-10-8;/h1-3,6-9H,4-5H2,(H2,23,25);1-4,9H,5-6H2;1H. The number of hydrogen-bond donors (Lipinski definition) is 2. The van der Waals surface area contributed by atoms with Gasteiger partial charge in [-0.05, 0) is 42.5 Å². The maximum atomic E-state index is 14.2. The van der Waals surface area contributed by atoms with Crippen molar-refractivity contribution in [2.24, 2.45) is 5.73 Å². The number of anilines is 1. The molecule has 1 aromatic heterocycles. The minimum atomic E-state index is -1.26. The van der Waals surface area contributed by atoms with Crippen LogP contribution in [0.5, 0.6) is 5.75 Å². The summed E-state index contributed by atoms with van der Waals surface area (Å²) >= 11 is 0. The van der Waals surface area contributed by atoms with Gasteiger partial charge in [0.05, 0.1) is 16.8 Å². The Bertz CT molecular complexity index is 1420. The van der Waals surface area contributed by atoms with E-state index >= 15 is 0 Å². The van der Waals surface area contributed by atoms with Crippen molar-refractivity contribution >= 4 is 22.5 Å². The van der Waals surface area contributed by atoms with Crippen molar-refractivity contribution in [2.75, 3.05) is 18.5 Å². The number of fused-ring (bicyclic) bond motifs is 2. The molecular weight excluding hydrogens is 455 g/mol. The predicted molar refractivity (Wildman–Crippen MR) is 130 cm³/mol. The number of hydrogen-bond acceptors (Lipinski definition) is 4. The second kappa shape index (κ2) is 9.29. The molecule has 1 aliphatic heterocycles. The van der Waals surface area contributed by atoms with E-state index in [4.69, 9.17) is 10.5 Å². The molecule has 0 spiro atoms. The van der Waals surface area contributed by atoms with Gasteiger partial charge >= 0.3 is 0 Å². The van der Waals surface area contributed by atoms with Crippen LogP contribution < -0.4 is 15.8 Å². The van der Waals surface area contributed by atoms with E-state index in [1.807, 2.05) is 24.3 Å². The number of carbonyl (C=O) groups is 1. The average molecular weight is 480 g/mol. The monoisotopic (exact) mass is 479 g/mol. The van der Waals surface area contributed by atoms with E-state index in [-0.39, 0.29) is 18.5 Å². The molecule has 6 rings (SSSR count). The first-order chi connectivity index (χ1) is 16.9. The fraction of sp³-hybridized carbons (Fsp3) is 0.185. The number of halogens is 3. The third-order valence-electron chi connectivity index (χ3n) is 6.04. The molecular formula is C27H24F3N3O2. The number of nitrogens with two attached hydrogens (primary N) is 1. The topological polar surface area (TPSA) is 77.2 Å². The summed E-state index contributed by atoms with van der Waals surface area (Å²) in [7, 11) is 0. The van der Waals surface area contributed by atoms with Gasteiger partial charge in [-0.3, -0.25) is 9.78 Å². The summed E-state index contributed by atoms with van der Waals surface area (Å²) < 4.78 is 46.8. The number of ether oxygens (including phenoxy) is 1. The molecule has 2 aliphatic rings. The molecule has 4 aromatic rings. The molecule has 0 saturated heterocycles. The van der Waals surface area contributed by atoms with E-state index in [2.05, 4.69) is 10.3 Å². The molecule has 1 fully saturated rings. The Labute approximate surface area is 201 Å². The third kappa shape index (κ3) is 4.51. The van der Waals surface area contributed by atoms with Gasteiger partial charge in [-0.15, -0.1) is 0 Å². The van der Waals surface area contributed by atoms with E-state index in [9.17, 15) is 18.0 Å². The Morgan fingerprint density at radius 2 is 1.86 bits per heavy atom. The van der Waals surface area contributed by atoms with E-state index in [1.165, 1.54) is 6.20 Å². The first-order valence-electron chi connectivity index (χ1n) is 11.3. The molecule has 5 nitrogen and oxygen atoms in total. The largest absolute Gasteiger partial charge is 0.490 e. The summed E-state index contributed by atoms with van der Waals surface area (Å²) in [4.78, 5) is 16.0. The van der Waals surface area contributed by atoms with Crippen LogP contribution in [0.1, 0.15) is 36.1 Å². The number of nitrogens with zero attached hydrogens (tertiary/aromatic N) is 1. The van der Waals surface area contributed by atoms with Gasteiger partial charge in [-0.2, -0.15) is 0 Å².